The zero-order valence-electron chi connectivity index (χ0n) is 10.6. The maximum absolute atomic E-state index is 10.2. The van der Waals surface area contributed by atoms with Crippen LogP contribution in [0.1, 0.15) is 49.9 Å². The maximum Gasteiger partial charge on any atom is 0.335 e. The Labute approximate surface area is 103 Å². The third-order valence-electron chi connectivity index (χ3n) is 2.26. The largest absolute Gasteiger partial charge is 0.478 e. The molecule has 1 aromatic rings. The fourth-order valence-electron chi connectivity index (χ4n) is 1.39. The van der Waals surface area contributed by atoms with Gasteiger partial charge in [0.2, 0.25) is 0 Å². The molecule has 0 spiro atoms. The van der Waals surface area contributed by atoms with Crippen LogP contribution in [0, 0.1) is 0 Å². The molecule has 0 aliphatic carbocycles. The van der Waals surface area contributed by atoms with Gasteiger partial charge in [0.1, 0.15) is 0 Å². The van der Waals surface area contributed by atoms with E-state index in [1.807, 2.05) is 0 Å². The SMILES string of the molecule is CCCC(O)CCC.O=C(O)c1ccccc1. The summed E-state index contributed by atoms with van der Waals surface area (Å²) in [6, 6.07) is 8.30. The molecule has 0 heterocycles. The van der Waals surface area contributed by atoms with Crippen molar-refractivity contribution in [2.45, 2.75) is 45.6 Å². The van der Waals surface area contributed by atoms with Gasteiger partial charge in [-0.05, 0) is 25.0 Å². The second kappa shape index (κ2) is 9.85. The van der Waals surface area contributed by atoms with Crippen LogP contribution in [-0.2, 0) is 0 Å². The molecule has 0 fully saturated rings. The van der Waals surface area contributed by atoms with Gasteiger partial charge in [0.15, 0.2) is 0 Å². The number of hydrogen-bond acceptors (Lipinski definition) is 2. The van der Waals surface area contributed by atoms with Crippen LogP contribution >= 0.6 is 0 Å². The van der Waals surface area contributed by atoms with Crippen LogP contribution < -0.4 is 0 Å². The third-order valence-corrected chi connectivity index (χ3v) is 2.26. The standard InChI is InChI=1S/C7H6O2.C7H16O/c8-7(9)6-4-2-1-3-5-6;1-3-5-7(8)6-4-2/h1-5H,(H,8,9);7-8H,3-6H2,1-2H3. The first-order chi connectivity index (χ1) is 8.11. The van der Waals surface area contributed by atoms with Gasteiger partial charge in [0, 0.05) is 0 Å². The Morgan fingerprint density at radius 1 is 1.12 bits per heavy atom. The van der Waals surface area contributed by atoms with Crippen LogP contribution in [0.5, 0.6) is 0 Å². The van der Waals surface area contributed by atoms with Crippen molar-refractivity contribution in [1.29, 1.82) is 0 Å². The van der Waals surface area contributed by atoms with Crippen molar-refractivity contribution < 1.29 is 15.0 Å². The molecule has 1 aromatic carbocycles. The Morgan fingerprint density at radius 3 is 1.88 bits per heavy atom. The van der Waals surface area contributed by atoms with Gasteiger partial charge in [-0.25, -0.2) is 4.79 Å². The zero-order valence-corrected chi connectivity index (χ0v) is 10.6. The quantitative estimate of drug-likeness (QED) is 0.827. The highest BCUT2D eigenvalue weighted by atomic mass is 16.4. The van der Waals surface area contributed by atoms with Gasteiger partial charge in [0.05, 0.1) is 11.7 Å². The van der Waals surface area contributed by atoms with Gasteiger partial charge in [0.25, 0.3) is 0 Å². The molecule has 0 saturated carbocycles. The van der Waals surface area contributed by atoms with E-state index < -0.39 is 5.97 Å². The minimum Gasteiger partial charge on any atom is -0.478 e. The summed E-state index contributed by atoms with van der Waals surface area (Å²) >= 11 is 0. The number of carboxylic acid groups (broad SMARTS) is 1. The monoisotopic (exact) mass is 238 g/mol. The van der Waals surface area contributed by atoms with Gasteiger partial charge in [-0.1, -0.05) is 44.9 Å². The highest BCUT2D eigenvalue weighted by Crippen LogP contribution is 2.02. The van der Waals surface area contributed by atoms with E-state index in [9.17, 15) is 4.79 Å². The smallest absolute Gasteiger partial charge is 0.335 e. The molecule has 0 radical (unpaired) electrons. The summed E-state index contributed by atoms with van der Waals surface area (Å²) in [6.45, 7) is 4.19. The van der Waals surface area contributed by atoms with Crippen LogP contribution in [0.4, 0.5) is 0 Å². The van der Waals surface area contributed by atoms with Crippen LogP contribution in [0.15, 0.2) is 30.3 Å². The lowest BCUT2D eigenvalue weighted by Crippen LogP contribution is -2.03. The second-order valence-electron chi connectivity index (χ2n) is 3.90. The average Bonchev–Trinajstić information content (AvgIpc) is 2.32. The summed E-state index contributed by atoms with van der Waals surface area (Å²) < 4.78 is 0. The molecule has 3 nitrogen and oxygen atoms in total. The number of benzene rings is 1. The van der Waals surface area contributed by atoms with E-state index in [1.165, 1.54) is 0 Å². The molecule has 96 valence electrons. The second-order valence-corrected chi connectivity index (χ2v) is 3.90. The van der Waals surface area contributed by atoms with Gasteiger partial charge >= 0.3 is 5.97 Å². The summed E-state index contributed by atoms with van der Waals surface area (Å²) in [4.78, 5) is 10.2. The van der Waals surface area contributed by atoms with Crippen molar-refractivity contribution in [2.75, 3.05) is 0 Å². The number of carbonyl (C=O) groups is 1. The van der Waals surface area contributed by atoms with E-state index in [0.717, 1.165) is 25.7 Å². The van der Waals surface area contributed by atoms with Crippen LogP contribution in [0.2, 0.25) is 0 Å². The van der Waals surface area contributed by atoms with E-state index >= 15 is 0 Å². The molecule has 0 atom stereocenters. The lowest BCUT2D eigenvalue weighted by Gasteiger charge is -2.04. The lowest BCUT2D eigenvalue weighted by atomic mass is 10.1. The van der Waals surface area contributed by atoms with Gasteiger partial charge in [-0.2, -0.15) is 0 Å². The molecule has 0 saturated heterocycles. The molecule has 17 heavy (non-hydrogen) atoms. The van der Waals surface area contributed by atoms with E-state index in [-0.39, 0.29) is 6.10 Å². The first-order valence-corrected chi connectivity index (χ1v) is 6.08. The Kier molecular flexibility index (Phi) is 9.06. The van der Waals surface area contributed by atoms with Gasteiger partial charge < -0.3 is 10.2 Å². The first kappa shape index (κ1) is 15.7. The number of aromatic carboxylic acids is 1. The molecule has 0 aliphatic heterocycles. The Bertz CT molecular complexity index is 290. The average molecular weight is 238 g/mol. The minimum atomic E-state index is -0.879. The minimum absolute atomic E-state index is 0.0370. The third kappa shape index (κ3) is 8.46. The summed E-state index contributed by atoms with van der Waals surface area (Å²) in [6.07, 6.45) is 4.09. The molecular weight excluding hydrogens is 216 g/mol. The Balaban J connectivity index is 0.000000304. The molecule has 1 rings (SSSR count). The van der Waals surface area contributed by atoms with Crippen molar-refractivity contribution in [1.82, 2.24) is 0 Å². The summed E-state index contributed by atoms with van der Waals surface area (Å²) in [5.41, 5.74) is 0.331. The fraction of sp³-hybridized carbons (Fsp3) is 0.500. The summed E-state index contributed by atoms with van der Waals surface area (Å²) in [5, 5.41) is 17.4. The van der Waals surface area contributed by atoms with Gasteiger partial charge in [-0.15, -0.1) is 0 Å². The number of carboxylic acids is 1. The number of hydrogen-bond donors (Lipinski definition) is 2. The van der Waals surface area contributed by atoms with Crippen molar-refractivity contribution in [3.05, 3.63) is 35.9 Å². The first-order valence-electron chi connectivity index (χ1n) is 6.08. The molecule has 3 heteroatoms. The van der Waals surface area contributed by atoms with Crippen LogP contribution in [0.3, 0.4) is 0 Å². The van der Waals surface area contributed by atoms with Crippen LogP contribution in [-0.4, -0.2) is 22.3 Å². The van der Waals surface area contributed by atoms with Crippen molar-refractivity contribution in [3.63, 3.8) is 0 Å². The molecular formula is C14H22O3. The van der Waals surface area contributed by atoms with Crippen molar-refractivity contribution >= 4 is 5.97 Å². The van der Waals surface area contributed by atoms with E-state index in [4.69, 9.17) is 10.2 Å². The van der Waals surface area contributed by atoms with E-state index in [1.54, 1.807) is 30.3 Å². The number of rotatable bonds is 5. The van der Waals surface area contributed by atoms with Crippen LogP contribution in [0.25, 0.3) is 0 Å². The number of aliphatic hydroxyl groups excluding tert-OH is 1. The highest BCUT2D eigenvalue weighted by molar-refractivity contribution is 5.87. The predicted molar refractivity (Wildman–Crippen MR) is 69.2 cm³/mol. The highest BCUT2D eigenvalue weighted by Gasteiger charge is 1.98. The number of aliphatic hydroxyl groups is 1. The normalized spacial score (nSPS) is 9.65. The van der Waals surface area contributed by atoms with Crippen molar-refractivity contribution in [3.8, 4) is 0 Å². The maximum atomic E-state index is 10.2. The molecule has 2 N–H and O–H groups in total. The summed E-state index contributed by atoms with van der Waals surface area (Å²) in [7, 11) is 0. The molecule has 0 aliphatic rings. The van der Waals surface area contributed by atoms with Crippen molar-refractivity contribution in [2.24, 2.45) is 0 Å². The predicted octanol–water partition coefficient (Wildman–Crippen LogP) is 3.33. The van der Waals surface area contributed by atoms with Gasteiger partial charge in [-0.3, -0.25) is 0 Å². The fourth-order valence-corrected chi connectivity index (χ4v) is 1.39. The summed E-state index contributed by atoms with van der Waals surface area (Å²) in [5.74, 6) is -0.879. The molecule has 0 bridgehead atoms. The molecule has 0 unspecified atom stereocenters. The van der Waals surface area contributed by atoms with E-state index in [2.05, 4.69) is 13.8 Å². The zero-order chi connectivity index (χ0) is 13.1. The Hall–Kier alpha value is -1.35. The molecule has 0 amide bonds. The molecule has 0 aromatic heterocycles. The Morgan fingerprint density at radius 2 is 1.59 bits per heavy atom. The topological polar surface area (TPSA) is 57.5 Å². The van der Waals surface area contributed by atoms with E-state index in [0.29, 0.717) is 5.56 Å². The lowest BCUT2D eigenvalue weighted by molar-refractivity contribution is 0.0697.